The molecule has 0 unspecified atom stereocenters. The van der Waals surface area contributed by atoms with E-state index in [2.05, 4.69) is 18.7 Å². The number of benzene rings is 3. The summed E-state index contributed by atoms with van der Waals surface area (Å²) in [6.07, 6.45) is 0. The standard InChI is InChI=1S/C28H23NO4/c1-3-29(4-2)20-15-16-21-22(17-20)32-27(30)25-24(21)23(18-11-7-5-8-12-18)26(33-28(25)31)19-13-9-6-10-14-19/h5-17H,3-4H2,1-2H3. The number of hydrogen-bond acceptors (Lipinski definition) is 5. The maximum absolute atomic E-state index is 13.1. The summed E-state index contributed by atoms with van der Waals surface area (Å²) >= 11 is 0. The highest BCUT2D eigenvalue weighted by molar-refractivity contribution is 6.14. The third-order valence-corrected chi connectivity index (χ3v) is 5.99. The minimum atomic E-state index is -0.702. The predicted molar refractivity (Wildman–Crippen MR) is 133 cm³/mol. The van der Waals surface area contributed by atoms with Crippen LogP contribution in [0, 0.1) is 0 Å². The Morgan fingerprint density at radius 2 is 1.30 bits per heavy atom. The summed E-state index contributed by atoms with van der Waals surface area (Å²) in [7, 11) is 0. The van der Waals surface area contributed by atoms with Crippen molar-refractivity contribution in [1.82, 2.24) is 0 Å². The number of rotatable bonds is 5. The van der Waals surface area contributed by atoms with E-state index in [4.69, 9.17) is 8.83 Å². The van der Waals surface area contributed by atoms with Gasteiger partial charge in [-0.25, -0.2) is 9.59 Å². The average Bonchev–Trinajstić information content (AvgIpc) is 2.85. The van der Waals surface area contributed by atoms with Gasteiger partial charge in [0.05, 0.1) is 0 Å². The summed E-state index contributed by atoms with van der Waals surface area (Å²) < 4.78 is 11.4. The van der Waals surface area contributed by atoms with Gasteiger partial charge in [-0.05, 0) is 31.5 Å². The molecule has 0 spiro atoms. The summed E-state index contributed by atoms with van der Waals surface area (Å²) in [6, 6.07) is 24.9. The molecule has 33 heavy (non-hydrogen) atoms. The van der Waals surface area contributed by atoms with Crippen LogP contribution in [-0.2, 0) is 0 Å². The molecule has 2 heterocycles. The smallest absolute Gasteiger partial charge is 0.351 e. The van der Waals surface area contributed by atoms with Crippen LogP contribution in [0.5, 0.6) is 0 Å². The Morgan fingerprint density at radius 1 is 0.697 bits per heavy atom. The van der Waals surface area contributed by atoms with Crippen molar-refractivity contribution in [2.45, 2.75) is 13.8 Å². The summed E-state index contributed by atoms with van der Waals surface area (Å²) in [6.45, 7) is 5.82. The molecule has 5 heteroatoms. The van der Waals surface area contributed by atoms with E-state index in [-0.39, 0.29) is 5.39 Å². The highest BCUT2D eigenvalue weighted by Crippen LogP contribution is 2.39. The molecule has 0 fully saturated rings. The normalized spacial score (nSPS) is 11.2. The molecule has 0 saturated carbocycles. The van der Waals surface area contributed by atoms with Crippen molar-refractivity contribution in [2.24, 2.45) is 0 Å². The Hall–Kier alpha value is -4.12. The van der Waals surface area contributed by atoms with Gasteiger partial charge in [0, 0.05) is 46.7 Å². The Kier molecular flexibility index (Phi) is 5.31. The molecular formula is C28H23NO4. The van der Waals surface area contributed by atoms with Crippen molar-refractivity contribution < 1.29 is 8.83 Å². The first-order valence-electron chi connectivity index (χ1n) is 11.1. The predicted octanol–water partition coefficient (Wildman–Crippen LogP) is 6.08. The van der Waals surface area contributed by atoms with Gasteiger partial charge >= 0.3 is 11.3 Å². The molecule has 3 aromatic carbocycles. The van der Waals surface area contributed by atoms with Crippen LogP contribution < -0.4 is 16.2 Å². The molecular weight excluding hydrogens is 414 g/mol. The Balaban J connectivity index is 1.97. The van der Waals surface area contributed by atoms with Gasteiger partial charge in [0.1, 0.15) is 11.3 Å². The van der Waals surface area contributed by atoms with Crippen LogP contribution in [0.4, 0.5) is 5.69 Å². The van der Waals surface area contributed by atoms with Crippen LogP contribution in [0.25, 0.3) is 44.2 Å². The first kappa shape index (κ1) is 20.8. The van der Waals surface area contributed by atoms with E-state index in [0.29, 0.717) is 27.7 Å². The average molecular weight is 437 g/mol. The van der Waals surface area contributed by atoms with Crippen LogP contribution in [0.3, 0.4) is 0 Å². The van der Waals surface area contributed by atoms with E-state index in [0.717, 1.165) is 29.9 Å². The molecule has 0 N–H and O–H groups in total. The quantitative estimate of drug-likeness (QED) is 0.246. The van der Waals surface area contributed by atoms with E-state index >= 15 is 0 Å². The SMILES string of the molecule is CCN(CC)c1ccc2c(c1)oc(=O)c1c(=O)oc(-c3ccccc3)c(-c3ccccc3)c12. The van der Waals surface area contributed by atoms with Crippen molar-refractivity contribution in [1.29, 1.82) is 0 Å². The third-order valence-electron chi connectivity index (χ3n) is 5.99. The lowest BCUT2D eigenvalue weighted by atomic mass is 9.94. The highest BCUT2D eigenvalue weighted by Gasteiger charge is 2.23. The van der Waals surface area contributed by atoms with Crippen LogP contribution in [0.1, 0.15) is 13.8 Å². The lowest BCUT2D eigenvalue weighted by Gasteiger charge is -2.21. The van der Waals surface area contributed by atoms with Crippen LogP contribution in [-0.4, -0.2) is 13.1 Å². The summed E-state index contributed by atoms with van der Waals surface area (Å²) in [5.74, 6) is 0.430. The Morgan fingerprint density at radius 3 is 1.94 bits per heavy atom. The zero-order valence-corrected chi connectivity index (χ0v) is 18.5. The fourth-order valence-electron chi connectivity index (χ4n) is 4.40. The van der Waals surface area contributed by atoms with Gasteiger partial charge in [-0.1, -0.05) is 60.7 Å². The molecule has 0 saturated heterocycles. The van der Waals surface area contributed by atoms with Gasteiger partial charge in [-0.2, -0.15) is 0 Å². The maximum atomic E-state index is 13.1. The van der Waals surface area contributed by atoms with Crippen molar-refractivity contribution in [3.63, 3.8) is 0 Å². The zero-order valence-electron chi connectivity index (χ0n) is 18.5. The number of anilines is 1. The second-order valence-corrected chi connectivity index (χ2v) is 7.82. The minimum Gasteiger partial charge on any atom is -0.422 e. The molecule has 2 aromatic heterocycles. The topological polar surface area (TPSA) is 63.7 Å². The molecule has 0 aliphatic rings. The second-order valence-electron chi connectivity index (χ2n) is 7.82. The molecule has 164 valence electrons. The highest BCUT2D eigenvalue weighted by atomic mass is 16.4. The lowest BCUT2D eigenvalue weighted by molar-refractivity contribution is 0.525. The molecule has 0 aliphatic heterocycles. The molecule has 0 aliphatic carbocycles. The van der Waals surface area contributed by atoms with Gasteiger partial charge < -0.3 is 13.7 Å². The first-order valence-corrected chi connectivity index (χ1v) is 11.1. The van der Waals surface area contributed by atoms with Crippen molar-refractivity contribution >= 4 is 27.4 Å². The largest absolute Gasteiger partial charge is 0.422 e. The van der Waals surface area contributed by atoms with Gasteiger partial charge in [0.15, 0.2) is 5.39 Å². The third kappa shape index (κ3) is 3.52. The van der Waals surface area contributed by atoms with Gasteiger partial charge in [-0.15, -0.1) is 0 Å². The van der Waals surface area contributed by atoms with E-state index in [1.807, 2.05) is 78.9 Å². The van der Waals surface area contributed by atoms with Gasteiger partial charge in [0.25, 0.3) is 0 Å². The minimum absolute atomic E-state index is 0.0726. The molecule has 5 aromatic rings. The number of fused-ring (bicyclic) bond motifs is 3. The van der Waals surface area contributed by atoms with Crippen LogP contribution in [0.15, 0.2) is 97.3 Å². The molecule has 0 radical (unpaired) electrons. The van der Waals surface area contributed by atoms with E-state index in [9.17, 15) is 9.59 Å². The van der Waals surface area contributed by atoms with Crippen molar-refractivity contribution in [3.05, 3.63) is 99.7 Å². The van der Waals surface area contributed by atoms with E-state index in [1.54, 1.807) is 0 Å². The molecule has 5 nitrogen and oxygen atoms in total. The Bertz CT molecular complexity index is 1560. The lowest BCUT2D eigenvalue weighted by Crippen LogP contribution is -2.21. The summed E-state index contributed by atoms with van der Waals surface area (Å²) in [5, 5.41) is 1.18. The van der Waals surface area contributed by atoms with Crippen molar-refractivity contribution in [3.8, 4) is 22.5 Å². The zero-order chi connectivity index (χ0) is 22.9. The number of nitrogens with zero attached hydrogens (tertiary/aromatic N) is 1. The monoisotopic (exact) mass is 437 g/mol. The summed E-state index contributed by atoms with van der Waals surface area (Å²) in [5.41, 5.74) is 2.32. The Labute approximate surface area is 190 Å². The molecule has 0 amide bonds. The fraction of sp³-hybridized carbons (Fsp3) is 0.143. The van der Waals surface area contributed by atoms with E-state index in [1.165, 1.54) is 0 Å². The van der Waals surface area contributed by atoms with Crippen LogP contribution in [0.2, 0.25) is 0 Å². The van der Waals surface area contributed by atoms with Gasteiger partial charge in [0.2, 0.25) is 0 Å². The summed E-state index contributed by atoms with van der Waals surface area (Å²) in [4.78, 5) is 28.3. The first-order chi connectivity index (χ1) is 16.1. The fourth-order valence-corrected chi connectivity index (χ4v) is 4.40. The molecule has 0 atom stereocenters. The number of hydrogen-bond donors (Lipinski definition) is 0. The van der Waals surface area contributed by atoms with Crippen molar-refractivity contribution in [2.75, 3.05) is 18.0 Å². The van der Waals surface area contributed by atoms with Gasteiger partial charge in [-0.3, -0.25) is 0 Å². The maximum Gasteiger partial charge on any atom is 0.351 e. The second kappa shape index (κ2) is 8.43. The van der Waals surface area contributed by atoms with Crippen LogP contribution >= 0.6 is 0 Å². The molecule has 5 rings (SSSR count). The van der Waals surface area contributed by atoms with E-state index < -0.39 is 11.3 Å². The molecule has 0 bridgehead atoms.